The van der Waals surface area contributed by atoms with Crippen molar-refractivity contribution in [3.05, 3.63) is 53.9 Å². The highest BCUT2D eigenvalue weighted by atomic mass is 16.5. The molecule has 27 heavy (non-hydrogen) atoms. The number of aromatic nitrogens is 1. The highest BCUT2D eigenvalue weighted by Crippen LogP contribution is 2.36. The Morgan fingerprint density at radius 1 is 1.26 bits per heavy atom. The SMILES string of the molecule is COc1cccc2c1OC[C@@H](C(=O)NCCCc1nc3ccccc3o1)C2. The third-order valence-electron chi connectivity index (χ3n) is 4.75. The number of nitrogens with zero attached hydrogens (tertiary/aromatic N) is 1. The van der Waals surface area contributed by atoms with Gasteiger partial charge in [0.25, 0.3) is 0 Å². The summed E-state index contributed by atoms with van der Waals surface area (Å²) in [7, 11) is 1.62. The van der Waals surface area contributed by atoms with Crippen molar-refractivity contribution in [2.45, 2.75) is 19.3 Å². The largest absolute Gasteiger partial charge is 0.493 e. The van der Waals surface area contributed by atoms with Crippen LogP contribution in [0, 0.1) is 5.92 Å². The molecule has 6 nitrogen and oxygen atoms in total. The lowest BCUT2D eigenvalue weighted by Crippen LogP contribution is -2.37. The number of fused-ring (bicyclic) bond motifs is 2. The second-order valence-electron chi connectivity index (χ2n) is 6.63. The van der Waals surface area contributed by atoms with E-state index in [1.165, 1.54) is 0 Å². The first-order valence-electron chi connectivity index (χ1n) is 9.15. The Balaban J connectivity index is 1.27. The molecular formula is C21H22N2O4. The van der Waals surface area contributed by atoms with Gasteiger partial charge in [-0.1, -0.05) is 24.3 Å². The highest BCUT2D eigenvalue weighted by molar-refractivity contribution is 5.79. The van der Waals surface area contributed by atoms with E-state index in [0.29, 0.717) is 37.6 Å². The number of methoxy groups -OCH3 is 1. The lowest BCUT2D eigenvalue weighted by atomic mass is 9.95. The zero-order valence-corrected chi connectivity index (χ0v) is 15.2. The average molecular weight is 366 g/mol. The monoisotopic (exact) mass is 366 g/mol. The van der Waals surface area contributed by atoms with E-state index in [2.05, 4.69) is 10.3 Å². The van der Waals surface area contributed by atoms with Gasteiger partial charge in [-0.05, 0) is 36.6 Å². The van der Waals surface area contributed by atoms with Gasteiger partial charge in [-0.15, -0.1) is 0 Å². The fraction of sp³-hybridized carbons (Fsp3) is 0.333. The van der Waals surface area contributed by atoms with Gasteiger partial charge >= 0.3 is 0 Å². The molecule has 0 saturated heterocycles. The molecule has 0 unspecified atom stereocenters. The van der Waals surface area contributed by atoms with E-state index in [9.17, 15) is 4.79 Å². The molecule has 0 fully saturated rings. The quantitative estimate of drug-likeness (QED) is 0.679. The zero-order chi connectivity index (χ0) is 18.6. The summed E-state index contributed by atoms with van der Waals surface area (Å²) < 4.78 is 16.8. The Hall–Kier alpha value is -3.02. The predicted octanol–water partition coefficient (Wildman–Crippen LogP) is 3.14. The molecule has 1 atom stereocenters. The topological polar surface area (TPSA) is 73.6 Å². The Labute approximate surface area is 157 Å². The molecule has 0 bridgehead atoms. The number of carbonyl (C=O) groups excluding carboxylic acids is 1. The van der Waals surface area contributed by atoms with Crippen molar-refractivity contribution in [3.8, 4) is 11.5 Å². The number of nitrogens with one attached hydrogen (secondary N) is 1. The molecule has 0 spiro atoms. The summed E-state index contributed by atoms with van der Waals surface area (Å²) in [5, 5.41) is 3.00. The van der Waals surface area contributed by atoms with E-state index < -0.39 is 0 Å². The Morgan fingerprint density at radius 3 is 3.00 bits per heavy atom. The number of amides is 1. The van der Waals surface area contributed by atoms with E-state index in [0.717, 1.165) is 28.8 Å². The maximum absolute atomic E-state index is 12.5. The van der Waals surface area contributed by atoms with Crippen LogP contribution in [0.25, 0.3) is 11.1 Å². The molecule has 1 amide bonds. The molecule has 3 aromatic rings. The van der Waals surface area contributed by atoms with E-state index in [1.54, 1.807) is 7.11 Å². The molecule has 0 saturated carbocycles. The molecule has 140 valence electrons. The van der Waals surface area contributed by atoms with Gasteiger partial charge in [-0.2, -0.15) is 0 Å². The first-order valence-corrected chi connectivity index (χ1v) is 9.15. The van der Waals surface area contributed by atoms with Crippen LogP contribution in [0.3, 0.4) is 0 Å². The molecule has 0 aliphatic carbocycles. The summed E-state index contributed by atoms with van der Waals surface area (Å²) in [6.45, 7) is 0.948. The lowest BCUT2D eigenvalue weighted by Gasteiger charge is -2.25. The maximum Gasteiger partial charge on any atom is 0.226 e. The molecule has 2 aromatic carbocycles. The zero-order valence-electron chi connectivity index (χ0n) is 15.2. The van der Waals surface area contributed by atoms with Crippen molar-refractivity contribution in [1.29, 1.82) is 0 Å². The fourth-order valence-corrected chi connectivity index (χ4v) is 3.35. The van der Waals surface area contributed by atoms with Crippen LogP contribution in [-0.4, -0.2) is 31.2 Å². The summed E-state index contributed by atoms with van der Waals surface area (Å²) >= 11 is 0. The number of para-hydroxylation sites is 3. The number of rotatable bonds is 6. The van der Waals surface area contributed by atoms with Crippen LogP contribution in [0.2, 0.25) is 0 Å². The van der Waals surface area contributed by atoms with Crippen molar-refractivity contribution in [1.82, 2.24) is 10.3 Å². The molecule has 2 heterocycles. The number of oxazole rings is 1. The summed E-state index contributed by atoms with van der Waals surface area (Å²) in [5.74, 6) is 1.99. The minimum atomic E-state index is -0.186. The number of carbonyl (C=O) groups is 1. The highest BCUT2D eigenvalue weighted by Gasteiger charge is 2.27. The number of benzene rings is 2. The standard InChI is InChI=1S/C21H22N2O4/c1-25-18-9-4-6-14-12-15(13-26-20(14)18)21(24)22-11-5-10-19-23-16-7-2-3-8-17(16)27-19/h2-4,6-9,15H,5,10-13H2,1H3,(H,22,24)/t15-/m0/s1. The summed E-state index contributed by atoms with van der Waals surface area (Å²) in [6.07, 6.45) is 2.12. The van der Waals surface area contributed by atoms with E-state index in [-0.39, 0.29) is 11.8 Å². The van der Waals surface area contributed by atoms with Crippen LogP contribution in [0.5, 0.6) is 11.5 Å². The lowest BCUT2D eigenvalue weighted by molar-refractivity contribution is -0.126. The second-order valence-corrected chi connectivity index (χ2v) is 6.63. The second kappa shape index (κ2) is 7.70. The van der Waals surface area contributed by atoms with Crippen molar-refractivity contribution >= 4 is 17.0 Å². The first kappa shape index (κ1) is 17.4. The van der Waals surface area contributed by atoms with Gasteiger partial charge in [0, 0.05) is 13.0 Å². The Morgan fingerprint density at radius 2 is 2.15 bits per heavy atom. The maximum atomic E-state index is 12.5. The Kier molecular flexibility index (Phi) is 4.96. The predicted molar refractivity (Wildman–Crippen MR) is 101 cm³/mol. The molecule has 1 aliphatic heterocycles. The van der Waals surface area contributed by atoms with Gasteiger partial charge in [0.1, 0.15) is 12.1 Å². The normalized spacial score (nSPS) is 15.8. The molecule has 1 aromatic heterocycles. The first-order chi connectivity index (χ1) is 13.2. The summed E-state index contributed by atoms with van der Waals surface area (Å²) in [4.78, 5) is 16.9. The minimum Gasteiger partial charge on any atom is -0.493 e. The van der Waals surface area contributed by atoms with Gasteiger partial charge in [-0.3, -0.25) is 4.79 Å². The van der Waals surface area contributed by atoms with Gasteiger partial charge in [-0.25, -0.2) is 4.98 Å². The van der Waals surface area contributed by atoms with Crippen LogP contribution < -0.4 is 14.8 Å². The third-order valence-corrected chi connectivity index (χ3v) is 4.75. The van der Waals surface area contributed by atoms with Gasteiger partial charge < -0.3 is 19.2 Å². The minimum absolute atomic E-state index is 0.0148. The van der Waals surface area contributed by atoms with Crippen LogP contribution in [0.4, 0.5) is 0 Å². The molecule has 1 aliphatic rings. The van der Waals surface area contributed by atoms with Gasteiger partial charge in [0.05, 0.1) is 13.0 Å². The third kappa shape index (κ3) is 3.74. The molecular weight excluding hydrogens is 344 g/mol. The van der Waals surface area contributed by atoms with Crippen LogP contribution in [-0.2, 0) is 17.6 Å². The average Bonchev–Trinajstić information content (AvgIpc) is 3.13. The summed E-state index contributed by atoms with van der Waals surface area (Å²) in [6, 6.07) is 13.5. The van der Waals surface area contributed by atoms with E-state index in [4.69, 9.17) is 13.9 Å². The van der Waals surface area contributed by atoms with Crippen molar-refractivity contribution < 1.29 is 18.7 Å². The summed E-state index contributed by atoms with van der Waals surface area (Å²) in [5.41, 5.74) is 2.67. The van der Waals surface area contributed by atoms with Gasteiger partial charge in [0.2, 0.25) is 5.91 Å². The molecule has 1 N–H and O–H groups in total. The van der Waals surface area contributed by atoms with Crippen molar-refractivity contribution in [2.75, 3.05) is 20.3 Å². The number of hydrogen-bond acceptors (Lipinski definition) is 5. The van der Waals surface area contributed by atoms with Crippen molar-refractivity contribution in [3.63, 3.8) is 0 Å². The number of ether oxygens (including phenoxy) is 2. The Bertz CT molecular complexity index is 917. The van der Waals surface area contributed by atoms with Crippen LogP contribution in [0.15, 0.2) is 46.9 Å². The fourth-order valence-electron chi connectivity index (χ4n) is 3.35. The number of hydrogen-bond donors (Lipinski definition) is 1. The number of aryl methyl sites for hydroxylation is 1. The molecule has 6 heteroatoms. The van der Waals surface area contributed by atoms with E-state index in [1.807, 2.05) is 42.5 Å². The van der Waals surface area contributed by atoms with Gasteiger partial charge in [0.15, 0.2) is 23.0 Å². The van der Waals surface area contributed by atoms with E-state index >= 15 is 0 Å². The molecule has 0 radical (unpaired) electrons. The van der Waals surface area contributed by atoms with Crippen LogP contribution >= 0.6 is 0 Å². The van der Waals surface area contributed by atoms with Crippen LogP contribution in [0.1, 0.15) is 17.9 Å². The van der Waals surface area contributed by atoms with Crippen molar-refractivity contribution in [2.24, 2.45) is 5.92 Å². The molecule has 4 rings (SSSR count). The smallest absolute Gasteiger partial charge is 0.226 e.